The average Bonchev–Trinajstić information content (AvgIpc) is 3.18. The van der Waals surface area contributed by atoms with Crippen molar-refractivity contribution in [3.63, 3.8) is 0 Å². The van der Waals surface area contributed by atoms with Gasteiger partial charge in [0.1, 0.15) is 12.1 Å². The van der Waals surface area contributed by atoms with Gasteiger partial charge in [-0.25, -0.2) is 4.98 Å². The van der Waals surface area contributed by atoms with Crippen LogP contribution in [-0.2, 0) is 6.54 Å². The average molecular weight is 283 g/mol. The first-order valence-corrected chi connectivity index (χ1v) is 7.23. The molecule has 0 spiro atoms. The first kappa shape index (κ1) is 12.3. The summed E-state index contributed by atoms with van der Waals surface area (Å²) in [6.45, 7) is 3.92. The predicted octanol–water partition coefficient (Wildman–Crippen LogP) is 1.30. The topological polar surface area (TPSA) is 64.1 Å². The fourth-order valence-electron chi connectivity index (χ4n) is 3.07. The molecular formula is C14H17N7. The van der Waals surface area contributed by atoms with Gasteiger partial charge in [0.2, 0.25) is 0 Å². The largest absolute Gasteiger partial charge is 0.352 e. The van der Waals surface area contributed by atoms with Crippen molar-refractivity contribution in [1.82, 2.24) is 29.4 Å². The normalized spacial score (nSPS) is 18.7. The van der Waals surface area contributed by atoms with Gasteiger partial charge >= 0.3 is 0 Å². The smallest absolute Gasteiger partial charge is 0.254 e. The van der Waals surface area contributed by atoms with E-state index in [1.807, 2.05) is 34.6 Å². The zero-order valence-corrected chi connectivity index (χ0v) is 11.9. The monoisotopic (exact) mass is 283 g/mol. The highest BCUT2D eigenvalue weighted by molar-refractivity contribution is 5.48. The lowest BCUT2D eigenvalue weighted by Gasteiger charge is -2.27. The zero-order valence-electron chi connectivity index (χ0n) is 11.9. The highest BCUT2D eigenvalue weighted by atomic mass is 15.4. The number of rotatable bonds is 3. The summed E-state index contributed by atoms with van der Waals surface area (Å²) in [5.41, 5.74) is 0.968. The molecule has 7 heteroatoms. The lowest BCUT2D eigenvalue weighted by atomic mass is 10.2. The fraction of sp³-hybridized carbons (Fsp3) is 0.429. The van der Waals surface area contributed by atoms with Crippen LogP contribution < -0.4 is 4.90 Å². The summed E-state index contributed by atoms with van der Waals surface area (Å²) in [7, 11) is 0. The van der Waals surface area contributed by atoms with E-state index in [9.17, 15) is 0 Å². The van der Waals surface area contributed by atoms with Crippen LogP contribution in [0.1, 0.15) is 18.5 Å². The number of aryl methyl sites for hydroxylation is 1. The molecule has 21 heavy (non-hydrogen) atoms. The molecule has 1 aliphatic rings. The van der Waals surface area contributed by atoms with E-state index in [2.05, 4.69) is 31.1 Å². The van der Waals surface area contributed by atoms with Crippen molar-refractivity contribution in [1.29, 1.82) is 0 Å². The number of anilines is 1. The summed E-state index contributed by atoms with van der Waals surface area (Å²) in [4.78, 5) is 11.0. The minimum Gasteiger partial charge on any atom is -0.352 e. The Balaban J connectivity index is 1.71. The van der Waals surface area contributed by atoms with Crippen LogP contribution in [0, 0.1) is 6.92 Å². The van der Waals surface area contributed by atoms with Crippen molar-refractivity contribution >= 4 is 11.6 Å². The molecule has 0 N–H and O–H groups in total. The Morgan fingerprint density at radius 1 is 1.33 bits per heavy atom. The lowest BCUT2D eigenvalue weighted by Crippen LogP contribution is -2.34. The van der Waals surface area contributed by atoms with Crippen LogP contribution in [0.2, 0.25) is 0 Å². The Morgan fingerprint density at radius 3 is 3.14 bits per heavy atom. The van der Waals surface area contributed by atoms with Crippen LogP contribution in [0.25, 0.3) is 5.78 Å². The first-order chi connectivity index (χ1) is 10.3. The lowest BCUT2D eigenvalue weighted by molar-refractivity contribution is 0.505. The molecule has 1 aliphatic heterocycles. The SMILES string of the molecule is Cc1cc(N2CCC[C@@H]2Cn2cccn2)n2ncnc2n1. The Labute approximate surface area is 122 Å². The molecule has 0 aromatic carbocycles. The molecule has 1 atom stereocenters. The molecule has 3 aromatic rings. The van der Waals surface area contributed by atoms with E-state index in [1.165, 1.54) is 6.42 Å². The summed E-state index contributed by atoms with van der Waals surface area (Å²) in [5, 5.41) is 8.64. The van der Waals surface area contributed by atoms with Crippen LogP contribution >= 0.6 is 0 Å². The summed E-state index contributed by atoms with van der Waals surface area (Å²) in [6.07, 6.45) is 7.75. The highest BCUT2D eigenvalue weighted by Crippen LogP contribution is 2.26. The molecule has 1 fully saturated rings. The third kappa shape index (κ3) is 2.14. The maximum atomic E-state index is 4.41. The molecule has 1 saturated heterocycles. The van der Waals surface area contributed by atoms with Crippen molar-refractivity contribution in [3.05, 3.63) is 36.5 Å². The summed E-state index contributed by atoms with van der Waals surface area (Å²) in [6, 6.07) is 4.48. The molecule has 0 unspecified atom stereocenters. The second kappa shape index (κ2) is 4.83. The second-order valence-electron chi connectivity index (χ2n) is 5.45. The van der Waals surface area contributed by atoms with Gasteiger partial charge in [-0.2, -0.15) is 19.7 Å². The van der Waals surface area contributed by atoms with Gasteiger partial charge < -0.3 is 4.90 Å². The van der Waals surface area contributed by atoms with Gasteiger partial charge in [-0.15, -0.1) is 0 Å². The van der Waals surface area contributed by atoms with Gasteiger partial charge in [0.25, 0.3) is 5.78 Å². The van der Waals surface area contributed by atoms with Crippen LogP contribution in [0.3, 0.4) is 0 Å². The van der Waals surface area contributed by atoms with Gasteiger partial charge in [0.05, 0.1) is 12.6 Å². The number of aromatic nitrogens is 6. The van der Waals surface area contributed by atoms with Crippen LogP contribution in [0.5, 0.6) is 0 Å². The quantitative estimate of drug-likeness (QED) is 0.725. The summed E-state index contributed by atoms with van der Waals surface area (Å²) in [5.74, 6) is 1.74. The third-order valence-electron chi connectivity index (χ3n) is 3.99. The van der Waals surface area contributed by atoms with Crippen molar-refractivity contribution in [2.75, 3.05) is 11.4 Å². The van der Waals surface area contributed by atoms with Crippen LogP contribution in [-0.4, -0.2) is 41.9 Å². The molecule has 0 radical (unpaired) electrons. The molecule has 3 aromatic heterocycles. The van der Waals surface area contributed by atoms with Gasteiger partial charge in [0.15, 0.2) is 0 Å². The minimum absolute atomic E-state index is 0.430. The first-order valence-electron chi connectivity index (χ1n) is 7.23. The van der Waals surface area contributed by atoms with Crippen molar-refractivity contribution in [2.45, 2.75) is 32.4 Å². The number of hydrogen-bond acceptors (Lipinski definition) is 5. The van der Waals surface area contributed by atoms with Gasteiger partial charge in [0, 0.05) is 30.7 Å². The van der Waals surface area contributed by atoms with E-state index < -0.39 is 0 Å². The Bertz CT molecular complexity index is 746. The van der Waals surface area contributed by atoms with Crippen molar-refractivity contribution < 1.29 is 0 Å². The van der Waals surface area contributed by atoms with E-state index in [0.717, 1.165) is 31.0 Å². The predicted molar refractivity (Wildman–Crippen MR) is 78.1 cm³/mol. The van der Waals surface area contributed by atoms with E-state index in [-0.39, 0.29) is 0 Å². The number of fused-ring (bicyclic) bond motifs is 1. The molecule has 7 nitrogen and oxygen atoms in total. The van der Waals surface area contributed by atoms with E-state index in [4.69, 9.17) is 0 Å². The number of nitrogens with zero attached hydrogens (tertiary/aromatic N) is 7. The summed E-state index contributed by atoms with van der Waals surface area (Å²) >= 11 is 0. The highest BCUT2D eigenvalue weighted by Gasteiger charge is 2.27. The Morgan fingerprint density at radius 2 is 2.29 bits per heavy atom. The van der Waals surface area contributed by atoms with E-state index in [1.54, 1.807) is 6.33 Å². The van der Waals surface area contributed by atoms with Crippen molar-refractivity contribution in [2.24, 2.45) is 0 Å². The van der Waals surface area contributed by atoms with Crippen LogP contribution in [0.15, 0.2) is 30.9 Å². The fourth-order valence-corrected chi connectivity index (χ4v) is 3.07. The summed E-state index contributed by atoms with van der Waals surface area (Å²) < 4.78 is 3.82. The molecular weight excluding hydrogens is 266 g/mol. The Hall–Kier alpha value is -2.44. The standard InChI is InChI=1S/C14H17N7/c1-11-8-13(21-14(18-11)15-10-17-21)20-7-2-4-12(20)9-19-6-3-5-16-19/h3,5-6,8,10,12H,2,4,7,9H2,1H3/t12-/m1/s1. The van der Waals surface area contributed by atoms with Crippen molar-refractivity contribution in [3.8, 4) is 0 Å². The molecule has 4 rings (SSSR count). The Kier molecular flexibility index (Phi) is 2.83. The van der Waals surface area contributed by atoms with E-state index >= 15 is 0 Å². The molecule has 0 bridgehead atoms. The minimum atomic E-state index is 0.430. The molecule has 0 saturated carbocycles. The third-order valence-corrected chi connectivity index (χ3v) is 3.99. The maximum absolute atomic E-state index is 4.41. The number of hydrogen-bond donors (Lipinski definition) is 0. The molecule has 108 valence electrons. The van der Waals surface area contributed by atoms with Gasteiger partial charge in [-0.3, -0.25) is 4.68 Å². The molecule has 0 amide bonds. The van der Waals surface area contributed by atoms with E-state index in [0.29, 0.717) is 11.8 Å². The van der Waals surface area contributed by atoms with Crippen LogP contribution in [0.4, 0.5) is 5.82 Å². The van der Waals surface area contributed by atoms with Gasteiger partial charge in [-0.05, 0) is 25.8 Å². The molecule has 0 aliphatic carbocycles. The second-order valence-corrected chi connectivity index (χ2v) is 5.45. The maximum Gasteiger partial charge on any atom is 0.254 e. The van der Waals surface area contributed by atoms with Gasteiger partial charge in [-0.1, -0.05) is 0 Å². The molecule has 4 heterocycles. The zero-order chi connectivity index (χ0) is 14.2.